The Labute approximate surface area is 273 Å². The fourth-order valence-electron chi connectivity index (χ4n) is 4.74. The maximum absolute atomic E-state index is 14.0. The summed E-state index contributed by atoms with van der Waals surface area (Å²) in [6.45, 7) is 4.16. The van der Waals surface area contributed by atoms with Gasteiger partial charge in [0.25, 0.3) is 5.91 Å². The van der Waals surface area contributed by atoms with Crippen LogP contribution in [-0.2, 0) is 9.53 Å². The van der Waals surface area contributed by atoms with E-state index in [0.717, 1.165) is 37.0 Å². The number of morpholine rings is 1. The number of halogens is 2. The Morgan fingerprint density at radius 1 is 1.04 bits per heavy atom. The van der Waals surface area contributed by atoms with Crippen molar-refractivity contribution < 1.29 is 38.1 Å². The van der Waals surface area contributed by atoms with Crippen LogP contribution in [0.5, 0.6) is 5.75 Å². The van der Waals surface area contributed by atoms with Gasteiger partial charge in [0, 0.05) is 44.0 Å². The summed E-state index contributed by atoms with van der Waals surface area (Å²) in [4.78, 5) is 26.9. The number of carbonyl (C=O) groups excluding carboxylic acids is 1. The third-order valence-electron chi connectivity index (χ3n) is 7.27. The van der Waals surface area contributed by atoms with Crippen LogP contribution in [0, 0.1) is 11.6 Å². The van der Waals surface area contributed by atoms with Crippen molar-refractivity contribution in [1.29, 1.82) is 0 Å². The predicted octanol–water partition coefficient (Wildman–Crippen LogP) is 4.22. The SMILES string of the molecule is O=C(O)c1ccc(NCC(O)CNN2C(=O)C(=Cc3cc(-c4ccc(F)c(F)c4)ccc3OCCN3CCOCC3)SC2=S)cc1. The number of ether oxygens (including phenoxy) is 2. The minimum absolute atomic E-state index is 0.00144. The van der Waals surface area contributed by atoms with E-state index in [-0.39, 0.29) is 23.0 Å². The molecule has 1 atom stereocenters. The third kappa shape index (κ3) is 8.66. The number of aromatic carboxylic acids is 1. The van der Waals surface area contributed by atoms with Crippen LogP contribution < -0.4 is 15.5 Å². The van der Waals surface area contributed by atoms with Crippen LogP contribution in [-0.4, -0.2) is 95.0 Å². The second kappa shape index (κ2) is 15.6. The molecule has 0 aromatic heterocycles. The van der Waals surface area contributed by atoms with Gasteiger partial charge in [0.1, 0.15) is 12.4 Å². The maximum atomic E-state index is 14.0. The van der Waals surface area contributed by atoms with Crippen LogP contribution in [0.15, 0.2) is 65.6 Å². The molecule has 2 fully saturated rings. The van der Waals surface area contributed by atoms with Gasteiger partial charge in [0.05, 0.1) is 29.8 Å². The Kier molecular flexibility index (Phi) is 11.3. The first-order valence-corrected chi connectivity index (χ1v) is 15.7. The number of aliphatic hydroxyl groups excluding tert-OH is 1. The Hall–Kier alpha value is -3.92. The summed E-state index contributed by atoms with van der Waals surface area (Å²) in [6.07, 6.45) is 0.736. The molecule has 10 nitrogen and oxygen atoms in total. The van der Waals surface area contributed by atoms with Gasteiger partial charge < -0.3 is 25.0 Å². The van der Waals surface area contributed by atoms with Gasteiger partial charge in [-0.15, -0.1) is 0 Å². The first-order valence-electron chi connectivity index (χ1n) is 14.5. The molecule has 242 valence electrons. The molecule has 0 aliphatic carbocycles. The zero-order valence-corrected chi connectivity index (χ0v) is 26.2. The largest absolute Gasteiger partial charge is 0.492 e. The average Bonchev–Trinajstić information content (AvgIpc) is 3.32. The zero-order chi connectivity index (χ0) is 32.6. The molecular weight excluding hydrogens is 639 g/mol. The van der Waals surface area contributed by atoms with Crippen molar-refractivity contribution in [1.82, 2.24) is 15.3 Å². The fraction of sp³-hybridized carbons (Fsp3) is 0.281. The molecule has 3 aromatic rings. The number of hydrazine groups is 1. The highest BCUT2D eigenvalue weighted by atomic mass is 32.2. The molecule has 2 aliphatic rings. The van der Waals surface area contributed by atoms with Crippen molar-refractivity contribution in [3.8, 4) is 16.9 Å². The maximum Gasteiger partial charge on any atom is 0.335 e. The molecule has 4 N–H and O–H groups in total. The van der Waals surface area contributed by atoms with Gasteiger partial charge in [-0.25, -0.2) is 24.0 Å². The second-order valence-corrected chi connectivity index (χ2v) is 12.2. The van der Waals surface area contributed by atoms with E-state index < -0.39 is 29.6 Å². The van der Waals surface area contributed by atoms with Crippen LogP contribution in [0.2, 0.25) is 0 Å². The molecule has 0 saturated carbocycles. The minimum Gasteiger partial charge on any atom is -0.492 e. The molecule has 2 aliphatic heterocycles. The van der Waals surface area contributed by atoms with Gasteiger partial charge >= 0.3 is 5.97 Å². The van der Waals surface area contributed by atoms with Gasteiger partial charge in [0.2, 0.25) is 0 Å². The van der Waals surface area contributed by atoms with E-state index in [4.69, 9.17) is 26.8 Å². The summed E-state index contributed by atoms with van der Waals surface area (Å²) in [5.74, 6) is -2.85. The Balaban J connectivity index is 1.26. The number of nitrogens with zero attached hydrogens (tertiary/aromatic N) is 2. The first-order chi connectivity index (χ1) is 22.2. The van der Waals surface area contributed by atoms with Crippen molar-refractivity contribution >= 4 is 51.9 Å². The fourth-order valence-corrected chi connectivity index (χ4v) is 5.95. The van der Waals surface area contributed by atoms with Crippen LogP contribution >= 0.6 is 24.0 Å². The van der Waals surface area contributed by atoms with Gasteiger partial charge in [-0.1, -0.05) is 36.1 Å². The Bertz CT molecular complexity index is 1620. The lowest BCUT2D eigenvalue weighted by atomic mass is 10.0. The lowest BCUT2D eigenvalue weighted by Crippen LogP contribution is -2.46. The highest BCUT2D eigenvalue weighted by Gasteiger charge is 2.33. The molecule has 1 amide bonds. The number of benzene rings is 3. The minimum atomic E-state index is -1.03. The van der Waals surface area contributed by atoms with Crippen LogP contribution in [0.4, 0.5) is 14.5 Å². The van der Waals surface area contributed by atoms with E-state index >= 15 is 0 Å². The normalized spacial score (nSPS) is 17.0. The number of anilines is 1. The van der Waals surface area contributed by atoms with E-state index in [1.807, 2.05) is 0 Å². The molecule has 2 heterocycles. The average molecular weight is 671 g/mol. The molecule has 46 heavy (non-hydrogen) atoms. The molecule has 0 bridgehead atoms. The predicted molar refractivity (Wildman–Crippen MR) is 175 cm³/mol. The van der Waals surface area contributed by atoms with Crippen molar-refractivity contribution in [2.45, 2.75) is 6.10 Å². The standard InChI is InChI=1S/C32H32F2N4O6S2/c33-26-7-3-22(16-27(26)34)21-4-8-28(44-14-11-37-9-12-43-13-10-37)23(15-21)17-29-30(40)38(32(45)46-29)36-19-25(39)18-35-24-5-1-20(2-6-24)31(41)42/h1-8,15-17,25,35-36,39H,9-14,18-19H2,(H,41,42). The molecule has 1 unspecified atom stereocenters. The number of rotatable bonds is 13. The van der Waals surface area contributed by atoms with Gasteiger partial charge in [-0.05, 0) is 65.7 Å². The van der Waals surface area contributed by atoms with Crippen molar-refractivity contribution in [3.05, 3.63) is 88.3 Å². The quantitative estimate of drug-likeness (QED) is 0.155. The van der Waals surface area contributed by atoms with E-state index in [1.165, 1.54) is 23.2 Å². The molecule has 5 rings (SSSR count). The van der Waals surface area contributed by atoms with Crippen molar-refractivity contribution in [2.24, 2.45) is 0 Å². The summed E-state index contributed by atoms with van der Waals surface area (Å²) in [7, 11) is 0. The summed E-state index contributed by atoms with van der Waals surface area (Å²) in [5.41, 5.74) is 5.29. The molecule has 3 aromatic carbocycles. The molecule has 0 spiro atoms. The summed E-state index contributed by atoms with van der Waals surface area (Å²) in [5, 5.41) is 23.7. The highest BCUT2D eigenvalue weighted by Crippen LogP contribution is 2.35. The number of hydrogen-bond donors (Lipinski definition) is 4. The monoisotopic (exact) mass is 670 g/mol. The zero-order valence-electron chi connectivity index (χ0n) is 24.6. The van der Waals surface area contributed by atoms with Gasteiger partial charge in [-0.3, -0.25) is 9.69 Å². The first kappa shape index (κ1) is 33.4. The topological polar surface area (TPSA) is 124 Å². The van der Waals surface area contributed by atoms with E-state index in [9.17, 15) is 23.5 Å². The number of hydrogen-bond acceptors (Lipinski definition) is 10. The third-order valence-corrected chi connectivity index (χ3v) is 8.57. The smallest absolute Gasteiger partial charge is 0.335 e. The van der Waals surface area contributed by atoms with Crippen molar-refractivity contribution in [3.63, 3.8) is 0 Å². The number of aliphatic hydroxyl groups is 1. The number of carbonyl (C=O) groups is 2. The summed E-state index contributed by atoms with van der Waals surface area (Å²) >= 11 is 6.51. The second-order valence-electron chi connectivity index (χ2n) is 10.5. The van der Waals surface area contributed by atoms with Crippen LogP contribution in [0.3, 0.4) is 0 Å². The lowest BCUT2D eigenvalue weighted by molar-refractivity contribution is -0.124. The molecule has 0 radical (unpaired) electrons. The Morgan fingerprint density at radius 2 is 1.76 bits per heavy atom. The highest BCUT2D eigenvalue weighted by molar-refractivity contribution is 8.26. The molecule has 14 heteroatoms. The number of thiocarbonyl (C=S) groups is 1. The van der Waals surface area contributed by atoms with Crippen LogP contribution in [0.1, 0.15) is 15.9 Å². The van der Waals surface area contributed by atoms with Gasteiger partial charge in [-0.2, -0.15) is 0 Å². The summed E-state index contributed by atoms with van der Waals surface area (Å²) < 4.78 is 39.4. The molecular formula is C32H32F2N4O6S2. The lowest BCUT2D eigenvalue weighted by Gasteiger charge is -2.26. The number of amides is 1. The Morgan fingerprint density at radius 3 is 2.48 bits per heavy atom. The number of carboxylic acid groups (broad SMARTS) is 1. The van der Waals surface area contributed by atoms with Gasteiger partial charge in [0.15, 0.2) is 16.0 Å². The van der Waals surface area contributed by atoms with Crippen LogP contribution in [0.25, 0.3) is 17.2 Å². The summed E-state index contributed by atoms with van der Waals surface area (Å²) in [6, 6.07) is 15.0. The number of thioether (sulfide) groups is 1. The van der Waals surface area contributed by atoms with E-state index in [1.54, 1.807) is 36.4 Å². The van der Waals surface area contributed by atoms with Crippen molar-refractivity contribution in [2.75, 3.05) is 57.9 Å². The molecule has 2 saturated heterocycles. The number of carboxylic acids is 1. The van der Waals surface area contributed by atoms with E-state index in [0.29, 0.717) is 59.4 Å². The van der Waals surface area contributed by atoms with E-state index in [2.05, 4.69) is 15.6 Å². The number of nitrogens with one attached hydrogen (secondary N) is 2.